The maximum atomic E-state index is 13.2. The molecule has 1 aliphatic heterocycles. The smallest absolute Gasteiger partial charge is 0.240 e. The molecular formula is C14H19F2N3O3S. The number of amides is 1. The molecule has 0 radical (unpaired) electrons. The Morgan fingerprint density at radius 2 is 1.91 bits per heavy atom. The van der Waals surface area contributed by atoms with Gasteiger partial charge in [0.05, 0.1) is 11.4 Å². The second kappa shape index (κ2) is 7.33. The van der Waals surface area contributed by atoms with Gasteiger partial charge in [0.1, 0.15) is 0 Å². The highest BCUT2D eigenvalue weighted by atomic mass is 32.2. The summed E-state index contributed by atoms with van der Waals surface area (Å²) in [5, 5.41) is 2.53. The van der Waals surface area contributed by atoms with Crippen molar-refractivity contribution in [1.29, 1.82) is 0 Å². The van der Waals surface area contributed by atoms with E-state index in [1.807, 2.05) is 4.90 Å². The number of hydrogen-bond donors (Lipinski definition) is 2. The van der Waals surface area contributed by atoms with Crippen LogP contribution in [0.4, 0.5) is 8.78 Å². The zero-order valence-corrected chi connectivity index (χ0v) is 13.5. The van der Waals surface area contributed by atoms with Crippen molar-refractivity contribution in [2.75, 3.05) is 26.7 Å². The summed E-state index contributed by atoms with van der Waals surface area (Å²) in [6.07, 6.45) is 1.08. The summed E-state index contributed by atoms with van der Waals surface area (Å²) in [7, 11) is -2.34. The van der Waals surface area contributed by atoms with Gasteiger partial charge in [-0.1, -0.05) is 0 Å². The molecule has 0 saturated carbocycles. The standard InChI is InChI=1S/C14H19F2N3O3S/c1-17-14(20)9-19-6-4-10(5-7-19)18-23(21,22)11-2-3-12(15)13(16)8-11/h2-3,8,10,18H,4-7,9H2,1H3,(H,17,20). The number of likely N-dealkylation sites (N-methyl/N-ethyl adjacent to an activating group) is 1. The Labute approximate surface area is 133 Å². The lowest BCUT2D eigenvalue weighted by Crippen LogP contribution is -2.47. The van der Waals surface area contributed by atoms with E-state index in [1.54, 1.807) is 7.05 Å². The van der Waals surface area contributed by atoms with Crippen LogP contribution in [0.1, 0.15) is 12.8 Å². The first-order valence-corrected chi connectivity index (χ1v) is 8.70. The Hall–Kier alpha value is -1.58. The Bertz CT molecular complexity index is 674. The van der Waals surface area contributed by atoms with Gasteiger partial charge in [-0.25, -0.2) is 21.9 Å². The van der Waals surface area contributed by atoms with Crippen molar-refractivity contribution in [1.82, 2.24) is 14.9 Å². The van der Waals surface area contributed by atoms with Gasteiger partial charge in [0, 0.05) is 26.2 Å². The molecule has 1 fully saturated rings. The van der Waals surface area contributed by atoms with Crippen molar-refractivity contribution < 1.29 is 22.0 Å². The molecule has 1 heterocycles. The molecular weight excluding hydrogens is 328 g/mol. The van der Waals surface area contributed by atoms with Gasteiger partial charge in [0.2, 0.25) is 15.9 Å². The van der Waals surface area contributed by atoms with Crippen LogP contribution in [-0.4, -0.2) is 51.9 Å². The Morgan fingerprint density at radius 3 is 2.48 bits per heavy atom. The SMILES string of the molecule is CNC(=O)CN1CCC(NS(=O)(=O)c2ccc(F)c(F)c2)CC1. The quantitative estimate of drug-likeness (QED) is 0.811. The van der Waals surface area contributed by atoms with Gasteiger partial charge in [-0.15, -0.1) is 0 Å². The van der Waals surface area contributed by atoms with E-state index < -0.39 is 21.7 Å². The molecule has 1 aromatic rings. The minimum absolute atomic E-state index is 0.0918. The zero-order valence-electron chi connectivity index (χ0n) is 12.7. The fourth-order valence-electron chi connectivity index (χ4n) is 2.42. The van der Waals surface area contributed by atoms with Crippen molar-refractivity contribution in [2.45, 2.75) is 23.8 Å². The van der Waals surface area contributed by atoms with E-state index in [0.29, 0.717) is 32.0 Å². The van der Waals surface area contributed by atoms with E-state index >= 15 is 0 Å². The third-order valence-corrected chi connectivity index (χ3v) is 5.27. The third-order valence-electron chi connectivity index (χ3n) is 3.76. The van der Waals surface area contributed by atoms with Crippen molar-refractivity contribution >= 4 is 15.9 Å². The number of carbonyl (C=O) groups excluding carboxylic acids is 1. The number of likely N-dealkylation sites (tertiary alicyclic amines) is 1. The molecule has 1 aromatic carbocycles. The first kappa shape index (κ1) is 17.8. The van der Waals surface area contributed by atoms with Crippen molar-refractivity contribution in [3.8, 4) is 0 Å². The van der Waals surface area contributed by atoms with Crippen molar-refractivity contribution in [3.05, 3.63) is 29.8 Å². The highest BCUT2D eigenvalue weighted by molar-refractivity contribution is 7.89. The van der Waals surface area contributed by atoms with E-state index in [0.717, 1.165) is 12.1 Å². The van der Waals surface area contributed by atoms with Crippen molar-refractivity contribution in [2.24, 2.45) is 0 Å². The number of rotatable bonds is 5. The first-order chi connectivity index (χ1) is 10.8. The molecule has 0 atom stereocenters. The highest BCUT2D eigenvalue weighted by Crippen LogP contribution is 2.17. The number of benzene rings is 1. The van der Waals surface area contributed by atoms with Gasteiger partial charge in [-0.2, -0.15) is 0 Å². The average Bonchev–Trinajstić information content (AvgIpc) is 2.51. The maximum absolute atomic E-state index is 13.2. The maximum Gasteiger partial charge on any atom is 0.240 e. The molecule has 0 aromatic heterocycles. The molecule has 0 aliphatic carbocycles. The lowest BCUT2D eigenvalue weighted by atomic mass is 10.1. The van der Waals surface area contributed by atoms with Crippen LogP contribution in [0.15, 0.2) is 23.1 Å². The number of nitrogens with one attached hydrogen (secondary N) is 2. The second-order valence-corrected chi connectivity index (χ2v) is 7.13. The van der Waals surface area contributed by atoms with Crippen LogP contribution >= 0.6 is 0 Å². The molecule has 9 heteroatoms. The molecule has 1 amide bonds. The van der Waals surface area contributed by atoms with Crippen LogP contribution < -0.4 is 10.0 Å². The van der Waals surface area contributed by atoms with Crippen LogP contribution in [0.3, 0.4) is 0 Å². The van der Waals surface area contributed by atoms with Crippen LogP contribution in [0.25, 0.3) is 0 Å². The van der Waals surface area contributed by atoms with E-state index in [1.165, 1.54) is 0 Å². The Morgan fingerprint density at radius 1 is 1.26 bits per heavy atom. The molecule has 2 N–H and O–H groups in total. The molecule has 1 aliphatic rings. The molecule has 0 unspecified atom stereocenters. The predicted molar refractivity (Wildman–Crippen MR) is 80.2 cm³/mol. The fourth-order valence-corrected chi connectivity index (χ4v) is 3.74. The van der Waals surface area contributed by atoms with E-state index in [2.05, 4.69) is 10.0 Å². The van der Waals surface area contributed by atoms with Crippen LogP contribution in [0, 0.1) is 11.6 Å². The highest BCUT2D eigenvalue weighted by Gasteiger charge is 2.25. The lowest BCUT2D eigenvalue weighted by molar-refractivity contribution is -0.122. The van der Waals surface area contributed by atoms with Gasteiger partial charge in [0.15, 0.2) is 11.6 Å². The third kappa shape index (κ3) is 4.69. The van der Waals surface area contributed by atoms with Gasteiger partial charge in [-0.3, -0.25) is 9.69 Å². The molecule has 1 saturated heterocycles. The molecule has 0 spiro atoms. The lowest BCUT2D eigenvalue weighted by Gasteiger charge is -2.31. The number of hydrogen-bond acceptors (Lipinski definition) is 4. The van der Waals surface area contributed by atoms with Gasteiger partial charge < -0.3 is 5.32 Å². The number of carbonyl (C=O) groups is 1. The first-order valence-electron chi connectivity index (χ1n) is 7.22. The normalized spacial score (nSPS) is 17.2. The summed E-state index contributed by atoms with van der Waals surface area (Å²) in [6, 6.07) is 2.18. The molecule has 6 nitrogen and oxygen atoms in total. The zero-order chi connectivity index (χ0) is 17.0. The van der Waals surface area contributed by atoms with E-state index in [9.17, 15) is 22.0 Å². The molecule has 23 heavy (non-hydrogen) atoms. The molecule has 0 bridgehead atoms. The second-order valence-electron chi connectivity index (χ2n) is 5.42. The Balaban J connectivity index is 1.94. The van der Waals surface area contributed by atoms with Crippen LogP contribution in [0.2, 0.25) is 0 Å². The Kier molecular flexibility index (Phi) is 5.66. The summed E-state index contributed by atoms with van der Waals surface area (Å²) in [5.41, 5.74) is 0. The number of sulfonamides is 1. The minimum Gasteiger partial charge on any atom is -0.358 e. The van der Waals surface area contributed by atoms with Gasteiger partial charge in [-0.05, 0) is 31.0 Å². The average molecular weight is 347 g/mol. The molecule has 2 rings (SSSR count). The van der Waals surface area contributed by atoms with Crippen LogP contribution in [0.5, 0.6) is 0 Å². The monoisotopic (exact) mass is 347 g/mol. The summed E-state index contributed by atoms with van der Waals surface area (Å²) in [6.45, 7) is 1.44. The summed E-state index contributed by atoms with van der Waals surface area (Å²) in [4.78, 5) is 12.9. The van der Waals surface area contributed by atoms with E-state index in [-0.39, 0.29) is 23.4 Å². The predicted octanol–water partition coefficient (Wildman–Crippen LogP) is 0.453. The van der Waals surface area contributed by atoms with Crippen molar-refractivity contribution in [3.63, 3.8) is 0 Å². The minimum atomic E-state index is -3.90. The van der Waals surface area contributed by atoms with Gasteiger partial charge >= 0.3 is 0 Å². The number of piperidine rings is 1. The van der Waals surface area contributed by atoms with Crippen LogP contribution in [-0.2, 0) is 14.8 Å². The van der Waals surface area contributed by atoms with E-state index in [4.69, 9.17) is 0 Å². The summed E-state index contributed by atoms with van der Waals surface area (Å²) < 4.78 is 53.0. The number of nitrogens with zero attached hydrogens (tertiary/aromatic N) is 1. The summed E-state index contributed by atoms with van der Waals surface area (Å²) >= 11 is 0. The van der Waals surface area contributed by atoms with Gasteiger partial charge in [0.25, 0.3) is 0 Å². The fraction of sp³-hybridized carbons (Fsp3) is 0.500. The molecule has 128 valence electrons. The summed E-state index contributed by atoms with van der Waals surface area (Å²) in [5.74, 6) is -2.38. The number of halogens is 2. The largest absolute Gasteiger partial charge is 0.358 e. The topological polar surface area (TPSA) is 78.5 Å².